The first-order valence-electron chi connectivity index (χ1n) is 5.29. The van der Waals surface area contributed by atoms with Crippen molar-refractivity contribution in [2.75, 3.05) is 18.1 Å². The molecule has 0 aromatic heterocycles. The fourth-order valence-corrected chi connectivity index (χ4v) is 1.36. The number of amides is 1. The smallest absolute Gasteiger partial charge is 0.414 e. The summed E-state index contributed by atoms with van der Waals surface area (Å²) in [6.45, 7) is 4.94. The monoisotopic (exact) mass is 207 g/mol. The second kappa shape index (κ2) is 6.06. The average Bonchev–Trinajstić information content (AvgIpc) is 2.27. The molecule has 0 N–H and O–H groups in total. The molecule has 82 valence electrons. The Balaban J connectivity index is 2.78. The average molecular weight is 207 g/mol. The first kappa shape index (κ1) is 11.6. The fraction of sp³-hybridized carbons (Fsp3) is 0.417. The maximum Gasteiger partial charge on any atom is 0.414 e. The Labute approximate surface area is 90.7 Å². The predicted octanol–water partition coefficient (Wildman–Crippen LogP) is 3.06. The number of benzene rings is 1. The van der Waals surface area contributed by atoms with E-state index in [1.165, 1.54) is 0 Å². The Hall–Kier alpha value is -1.51. The Morgan fingerprint density at radius 3 is 2.47 bits per heavy atom. The molecule has 3 nitrogen and oxygen atoms in total. The molecule has 0 bridgehead atoms. The van der Waals surface area contributed by atoms with Crippen LogP contribution in [0.1, 0.15) is 20.3 Å². The number of carbonyl (C=O) groups excluding carboxylic acids is 1. The topological polar surface area (TPSA) is 29.5 Å². The van der Waals surface area contributed by atoms with Crippen molar-refractivity contribution in [3.63, 3.8) is 0 Å². The molecule has 0 aliphatic heterocycles. The van der Waals surface area contributed by atoms with Gasteiger partial charge in [0.1, 0.15) is 0 Å². The van der Waals surface area contributed by atoms with E-state index >= 15 is 0 Å². The normalized spacial score (nSPS) is 9.73. The van der Waals surface area contributed by atoms with Crippen LogP contribution in [0.4, 0.5) is 10.5 Å². The van der Waals surface area contributed by atoms with Crippen LogP contribution in [0.5, 0.6) is 0 Å². The third-order valence-corrected chi connectivity index (χ3v) is 2.00. The van der Waals surface area contributed by atoms with Gasteiger partial charge in [-0.15, -0.1) is 0 Å². The molecule has 0 aliphatic rings. The molecule has 0 saturated heterocycles. The summed E-state index contributed by atoms with van der Waals surface area (Å²) in [6, 6.07) is 9.58. The zero-order valence-corrected chi connectivity index (χ0v) is 9.27. The van der Waals surface area contributed by atoms with Gasteiger partial charge in [0.15, 0.2) is 0 Å². The van der Waals surface area contributed by atoms with Gasteiger partial charge in [-0.25, -0.2) is 4.79 Å². The Bertz CT molecular complexity index is 298. The lowest BCUT2D eigenvalue weighted by atomic mass is 10.3. The zero-order valence-electron chi connectivity index (χ0n) is 9.27. The second-order valence-electron chi connectivity index (χ2n) is 3.19. The molecule has 0 spiro atoms. The molecule has 0 aliphatic carbocycles. The van der Waals surface area contributed by atoms with Gasteiger partial charge in [-0.3, -0.25) is 4.90 Å². The molecule has 0 saturated carbocycles. The van der Waals surface area contributed by atoms with Crippen LogP contribution < -0.4 is 4.90 Å². The second-order valence-corrected chi connectivity index (χ2v) is 3.19. The number of nitrogens with zero attached hydrogens (tertiary/aromatic N) is 1. The van der Waals surface area contributed by atoms with Gasteiger partial charge >= 0.3 is 6.09 Å². The summed E-state index contributed by atoms with van der Waals surface area (Å²) in [5.74, 6) is 0. The van der Waals surface area contributed by atoms with Crippen molar-refractivity contribution < 1.29 is 9.53 Å². The van der Waals surface area contributed by atoms with Crippen molar-refractivity contribution in [3.05, 3.63) is 30.3 Å². The van der Waals surface area contributed by atoms with Crippen LogP contribution in [0.2, 0.25) is 0 Å². The Kier molecular flexibility index (Phi) is 4.68. The lowest BCUT2D eigenvalue weighted by molar-refractivity contribution is 0.159. The molecule has 3 heteroatoms. The van der Waals surface area contributed by atoms with Crippen molar-refractivity contribution in [2.45, 2.75) is 20.3 Å². The minimum absolute atomic E-state index is 0.273. The molecule has 0 radical (unpaired) electrons. The fourth-order valence-electron chi connectivity index (χ4n) is 1.36. The van der Waals surface area contributed by atoms with Crippen molar-refractivity contribution in [1.82, 2.24) is 0 Å². The molecule has 15 heavy (non-hydrogen) atoms. The van der Waals surface area contributed by atoms with Gasteiger partial charge in [0.2, 0.25) is 0 Å². The number of rotatable bonds is 4. The van der Waals surface area contributed by atoms with Crippen molar-refractivity contribution in [1.29, 1.82) is 0 Å². The van der Waals surface area contributed by atoms with Crippen LogP contribution in [-0.4, -0.2) is 19.2 Å². The van der Waals surface area contributed by atoms with Crippen molar-refractivity contribution >= 4 is 11.8 Å². The van der Waals surface area contributed by atoms with Crippen LogP contribution in [0, 0.1) is 0 Å². The number of carbonyl (C=O) groups is 1. The summed E-state index contributed by atoms with van der Waals surface area (Å²) in [7, 11) is 0. The number of para-hydroxylation sites is 1. The largest absolute Gasteiger partial charge is 0.449 e. The van der Waals surface area contributed by atoms with Gasteiger partial charge in [-0.1, -0.05) is 25.1 Å². The Morgan fingerprint density at radius 2 is 1.93 bits per heavy atom. The van der Waals surface area contributed by atoms with E-state index in [-0.39, 0.29) is 6.09 Å². The summed E-state index contributed by atoms with van der Waals surface area (Å²) in [4.78, 5) is 13.3. The molecule has 1 rings (SSSR count). The summed E-state index contributed by atoms with van der Waals surface area (Å²) >= 11 is 0. The van der Waals surface area contributed by atoms with Crippen LogP contribution in [0.3, 0.4) is 0 Å². The first-order chi connectivity index (χ1) is 7.29. The van der Waals surface area contributed by atoms with Gasteiger partial charge in [0.05, 0.1) is 6.61 Å². The molecular formula is C12H17NO2. The minimum Gasteiger partial charge on any atom is -0.449 e. The maximum atomic E-state index is 11.6. The standard InChI is InChI=1S/C12H17NO2/c1-3-10-13(12(14)15-4-2)11-8-6-5-7-9-11/h5-9H,3-4,10H2,1-2H3. The van der Waals surface area contributed by atoms with Crippen LogP contribution in [0.15, 0.2) is 30.3 Å². The molecule has 0 heterocycles. The first-order valence-corrected chi connectivity index (χ1v) is 5.29. The third kappa shape index (κ3) is 3.27. The number of hydrogen-bond acceptors (Lipinski definition) is 2. The summed E-state index contributed by atoms with van der Waals surface area (Å²) in [5.41, 5.74) is 0.887. The number of hydrogen-bond donors (Lipinski definition) is 0. The van der Waals surface area contributed by atoms with E-state index in [1.54, 1.807) is 4.90 Å². The molecule has 0 fully saturated rings. The highest BCUT2D eigenvalue weighted by atomic mass is 16.6. The lowest BCUT2D eigenvalue weighted by Gasteiger charge is -2.21. The van der Waals surface area contributed by atoms with Gasteiger partial charge in [0.25, 0.3) is 0 Å². The Morgan fingerprint density at radius 1 is 1.27 bits per heavy atom. The van der Waals surface area contributed by atoms with Gasteiger partial charge in [-0.05, 0) is 25.5 Å². The van der Waals surface area contributed by atoms with E-state index in [2.05, 4.69) is 0 Å². The van der Waals surface area contributed by atoms with Gasteiger partial charge < -0.3 is 4.74 Å². The van der Waals surface area contributed by atoms with Gasteiger partial charge in [0, 0.05) is 12.2 Å². The van der Waals surface area contributed by atoms with Crippen LogP contribution >= 0.6 is 0 Å². The highest BCUT2D eigenvalue weighted by Crippen LogP contribution is 2.14. The van der Waals surface area contributed by atoms with Crippen LogP contribution in [0.25, 0.3) is 0 Å². The molecule has 0 atom stereocenters. The van der Waals surface area contributed by atoms with E-state index in [1.807, 2.05) is 44.2 Å². The maximum absolute atomic E-state index is 11.6. The van der Waals surface area contributed by atoms with Crippen molar-refractivity contribution in [3.8, 4) is 0 Å². The van der Waals surface area contributed by atoms with E-state index in [0.717, 1.165) is 12.1 Å². The van der Waals surface area contributed by atoms with E-state index < -0.39 is 0 Å². The number of ether oxygens (including phenoxy) is 1. The third-order valence-electron chi connectivity index (χ3n) is 2.00. The van der Waals surface area contributed by atoms with Crippen molar-refractivity contribution in [2.24, 2.45) is 0 Å². The summed E-state index contributed by atoms with van der Waals surface area (Å²) in [6.07, 6.45) is 0.638. The highest BCUT2D eigenvalue weighted by Gasteiger charge is 2.14. The SMILES string of the molecule is CCCN(C(=O)OCC)c1ccccc1. The minimum atomic E-state index is -0.273. The number of anilines is 1. The van der Waals surface area contributed by atoms with Crippen LogP contribution in [-0.2, 0) is 4.74 Å². The summed E-state index contributed by atoms with van der Waals surface area (Å²) < 4.78 is 5.00. The highest BCUT2D eigenvalue weighted by molar-refractivity contribution is 5.87. The molecule has 1 amide bonds. The molecule has 1 aromatic rings. The van der Waals surface area contributed by atoms with E-state index in [4.69, 9.17) is 4.74 Å². The quantitative estimate of drug-likeness (QED) is 0.759. The predicted molar refractivity (Wildman–Crippen MR) is 61.1 cm³/mol. The molecule has 0 unspecified atom stereocenters. The van der Waals surface area contributed by atoms with Gasteiger partial charge in [-0.2, -0.15) is 0 Å². The zero-order chi connectivity index (χ0) is 11.1. The lowest BCUT2D eigenvalue weighted by Crippen LogP contribution is -2.32. The summed E-state index contributed by atoms with van der Waals surface area (Å²) in [5, 5.41) is 0. The van der Waals surface area contributed by atoms with E-state index in [0.29, 0.717) is 13.2 Å². The van der Waals surface area contributed by atoms with E-state index in [9.17, 15) is 4.79 Å². The molecular weight excluding hydrogens is 190 g/mol. The molecule has 1 aromatic carbocycles.